The van der Waals surface area contributed by atoms with Crippen molar-refractivity contribution in [1.29, 1.82) is 0 Å². The molecule has 1 atom stereocenters. The molecular weight excluding hydrogens is 404 g/mol. The zero-order valence-electron chi connectivity index (χ0n) is 17.6. The van der Waals surface area contributed by atoms with Gasteiger partial charge in [0.15, 0.2) is 0 Å². The SMILES string of the molecule is Cc1cccc(N2C(=O)C(=O)/C(=C(\O)c3ccc4c(c3)CCCO4)C2c2ccncc2)c1. The number of aliphatic hydroxyl groups is 1. The summed E-state index contributed by atoms with van der Waals surface area (Å²) in [6, 6.07) is 15.6. The molecule has 0 spiro atoms. The molecule has 1 saturated heterocycles. The molecule has 1 unspecified atom stereocenters. The lowest BCUT2D eigenvalue weighted by molar-refractivity contribution is -0.132. The molecule has 0 aliphatic carbocycles. The minimum absolute atomic E-state index is 0.0689. The summed E-state index contributed by atoms with van der Waals surface area (Å²) in [5, 5.41) is 11.3. The van der Waals surface area contributed by atoms with Gasteiger partial charge >= 0.3 is 0 Å². The number of amides is 1. The lowest BCUT2D eigenvalue weighted by Gasteiger charge is -2.25. The van der Waals surface area contributed by atoms with Gasteiger partial charge in [-0.05, 0) is 78.9 Å². The molecule has 5 rings (SSSR count). The maximum absolute atomic E-state index is 13.2. The molecule has 0 saturated carbocycles. The number of fused-ring (bicyclic) bond motifs is 1. The Kier molecular flexibility index (Phi) is 4.98. The van der Waals surface area contributed by atoms with Crippen LogP contribution in [0.3, 0.4) is 0 Å². The van der Waals surface area contributed by atoms with Gasteiger partial charge < -0.3 is 9.84 Å². The second kappa shape index (κ2) is 7.96. The Morgan fingerprint density at radius 2 is 1.91 bits per heavy atom. The number of anilines is 1. The third-order valence-corrected chi connectivity index (χ3v) is 5.93. The molecule has 1 fully saturated rings. The number of benzene rings is 2. The van der Waals surface area contributed by atoms with E-state index in [4.69, 9.17) is 4.74 Å². The van der Waals surface area contributed by atoms with Crippen LogP contribution in [0.4, 0.5) is 5.69 Å². The summed E-state index contributed by atoms with van der Waals surface area (Å²) in [5.74, 6) is -0.771. The summed E-state index contributed by atoms with van der Waals surface area (Å²) in [4.78, 5) is 31.9. The number of nitrogens with zero attached hydrogens (tertiary/aromatic N) is 2. The number of ether oxygens (including phenoxy) is 1. The fourth-order valence-electron chi connectivity index (χ4n) is 4.40. The third-order valence-electron chi connectivity index (χ3n) is 5.93. The molecule has 2 aromatic carbocycles. The average molecular weight is 426 g/mol. The molecule has 1 N–H and O–H groups in total. The predicted octanol–water partition coefficient (Wildman–Crippen LogP) is 4.34. The number of carbonyl (C=O) groups is 2. The van der Waals surface area contributed by atoms with Crippen LogP contribution in [-0.2, 0) is 16.0 Å². The standard InChI is InChI=1S/C26H22N2O4/c1-16-4-2-6-20(14-16)28-23(17-9-11-27-12-10-17)22(25(30)26(28)31)24(29)19-7-8-21-18(15-19)5-3-13-32-21/h2,4,6-12,14-15,23,29H,3,5,13H2,1H3/b24-22-. The van der Waals surface area contributed by atoms with Crippen molar-refractivity contribution in [3.63, 3.8) is 0 Å². The summed E-state index contributed by atoms with van der Waals surface area (Å²) in [7, 11) is 0. The molecule has 0 bridgehead atoms. The Bertz CT molecular complexity index is 1250. The molecule has 0 radical (unpaired) electrons. The van der Waals surface area contributed by atoms with E-state index in [1.54, 1.807) is 36.7 Å². The highest BCUT2D eigenvalue weighted by molar-refractivity contribution is 6.51. The smallest absolute Gasteiger partial charge is 0.300 e. The number of ketones is 1. The first kappa shape index (κ1) is 20.0. The second-order valence-corrected chi connectivity index (χ2v) is 8.06. The van der Waals surface area contributed by atoms with Gasteiger partial charge in [-0.3, -0.25) is 19.5 Å². The molecule has 2 aliphatic rings. The van der Waals surface area contributed by atoms with Crippen molar-refractivity contribution in [2.24, 2.45) is 0 Å². The fourth-order valence-corrected chi connectivity index (χ4v) is 4.40. The van der Waals surface area contributed by atoms with Crippen LogP contribution >= 0.6 is 0 Å². The van der Waals surface area contributed by atoms with E-state index < -0.39 is 17.7 Å². The molecule has 3 aromatic rings. The van der Waals surface area contributed by atoms with Gasteiger partial charge in [0.2, 0.25) is 0 Å². The second-order valence-electron chi connectivity index (χ2n) is 8.06. The maximum Gasteiger partial charge on any atom is 0.300 e. The van der Waals surface area contributed by atoms with Crippen LogP contribution in [0.1, 0.15) is 34.7 Å². The number of aryl methyl sites for hydroxylation is 2. The van der Waals surface area contributed by atoms with Gasteiger partial charge in [0.25, 0.3) is 11.7 Å². The van der Waals surface area contributed by atoms with E-state index in [0.29, 0.717) is 23.4 Å². The number of aromatic nitrogens is 1. The first-order valence-corrected chi connectivity index (χ1v) is 10.6. The van der Waals surface area contributed by atoms with Crippen LogP contribution in [-0.4, -0.2) is 28.4 Å². The Morgan fingerprint density at radius 1 is 1.09 bits per heavy atom. The fraction of sp³-hybridized carbons (Fsp3) is 0.192. The Morgan fingerprint density at radius 3 is 2.69 bits per heavy atom. The lowest BCUT2D eigenvalue weighted by atomic mass is 9.94. The van der Waals surface area contributed by atoms with Gasteiger partial charge in [0.05, 0.1) is 18.2 Å². The minimum atomic E-state index is -0.757. The summed E-state index contributed by atoms with van der Waals surface area (Å²) < 4.78 is 5.66. The van der Waals surface area contributed by atoms with E-state index in [2.05, 4.69) is 4.98 Å². The first-order chi connectivity index (χ1) is 15.5. The van der Waals surface area contributed by atoms with Crippen molar-refractivity contribution in [3.05, 3.63) is 94.8 Å². The van der Waals surface area contributed by atoms with Crippen molar-refractivity contribution >= 4 is 23.1 Å². The minimum Gasteiger partial charge on any atom is -0.507 e. The Labute approximate surface area is 185 Å². The van der Waals surface area contributed by atoms with Crippen molar-refractivity contribution < 1.29 is 19.4 Å². The highest BCUT2D eigenvalue weighted by Gasteiger charge is 2.47. The lowest BCUT2D eigenvalue weighted by Crippen LogP contribution is -2.29. The van der Waals surface area contributed by atoms with E-state index in [0.717, 1.165) is 29.7 Å². The van der Waals surface area contributed by atoms with Gasteiger partial charge in [-0.15, -0.1) is 0 Å². The number of Topliss-reactive ketones (excluding diaryl/α,β-unsaturated/α-hetero) is 1. The molecular formula is C26H22N2O4. The summed E-state index contributed by atoms with van der Waals surface area (Å²) in [6.07, 6.45) is 4.96. The van der Waals surface area contributed by atoms with Gasteiger partial charge in [-0.25, -0.2) is 0 Å². The molecule has 3 heterocycles. The highest BCUT2D eigenvalue weighted by Crippen LogP contribution is 2.42. The molecule has 1 aromatic heterocycles. The van der Waals surface area contributed by atoms with Gasteiger partial charge in [0.1, 0.15) is 11.5 Å². The molecule has 6 nitrogen and oxygen atoms in total. The number of aliphatic hydroxyl groups excluding tert-OH is 1. The summed E-state index contributed by atoms with van der Waals surface area (Å²) in [5.41, 5.74) is 3.81. The highest BCUT2D eigenvalue weighted by atomic mass is 16.5. The Balaban J connectivity index is 1.69. The number of rotatable bonds is 3. The van der Waals surface area contributed by atoms with E-state index in [1.165, 1.54) is 4.90 Å². The molecule has 32 heavy (non-hydrogen) atoms. The van der Waals surface area contributed by atoms with Crippen LogP contribution in [0.5, 0.6) is 5.75 Å². The number of hydrogen-bond donors (Lipinski definition) is 1. The van der Waals surface area contributed by atoms with Gasteiger partial charge in [0, 0.05) is 23.6 Å². The Hall–Kier alpha value is -3.93. The maximum atomic E-state index is 13.2. The monoisotopic (exact) mass is 426 g/mol. The van der Waals surface area contributed by atoms with Gasteiger partial charge in [-0.2, -0.15) is 0 Å². The number of hydrogen-bond acceptors (Lipinski definition) is 5. The number of carbonyl (C=O) groups excluding carboxylic acids is 2. The normalized spacial score (nSPS) is 19.5. The van der Waals surface area contributed by atoms with Crippen LogP contribution in [0.2, 0.25) is 0 Å². The van der Waals surface area contributed by atoms with Crippen molar-refractivity contribution in [1.82, 2.24) is 4.98 Å². The molecule has 1 amide bonds. The zero-order chi connectivity index (χ0) is 22.2. The predicted molar refractivity (Wildman–Crippen MR) is 120 cm³/mol. The van der Waals surface area contributed by atoms with Gasteiger partial charge in [-0.1, -0.05) is 12.1 Å². The van der Waals surface area contributed by atoms with Crippen molar-refractivity contribution in [3.8, 4) is 5.75 Å². The van der Waals surface area contributed by atoms with Crippen molar-refractivity contribution in [2.45, 2.75) is 25.8 Å². The third kappa shape index (κ3) is 3.34. The van der Waals surface area contributed by atoms with E-state index in [1.807, 2.05) is 37.3 Å². The van der Waals surface area contributed by atoms with Crippen molar-refractivity contribution in [2.75, 3.05) is 11.5 Å². The number of pyridine rings is 1. The molecule has 160 valence electrons. The summed E-state index contributed by atoms with van der Waals surface area (Å²) >= 11 is 0. The topological polar surface area (TPSA) is 79.7 Å². The van der Waals surface area contributed by atoms with Crippen LogP contribution in [0.15, 0.2) is 72.6 Å². The summed E-state index contributed by atoms with van der Waals surface area (Å²) in [6.45, 7) is 2.60. The van der Waals surface area contributed by atoms with Crippen LogP contribution in [0, 0.1) is 6.92 Å². The van der Waals surface area contributed by atoms with E-state index >= 15 is 0 Å². The quantitative estimate of drug-likeness (QED) is 0.383. The molecule has 2 aliphatic heterocycles. The molecule has 6 heteroatoms. The zero-order valence-corrected chi connectivity index (χ0v) is 17.6. The van der Waals surface area contributed by atoms with E-state index in [-0.39, 0.29) is 11.3 Å². The average Bonchev–Trinajstić information content (AvgIpc) is 3.09. The van der Waals surface area contributed by atoms with E-state index in [9.17, 15) is 14.7 Å². The largest absolute Gasteiger partial charge is 0.507 e. The van der Waals surface area contributed by atoms with Crippen LogP contribution < -0.4 is 9.64 Å². The van der Waals surface area contributed by atoms with Crippen LogP contribution in [0.25, 0.3) is 5.76 Å². The first-order valence-electron chi connectivity index (χ1n) is 10.6.